The van der Waals surface area contributed by atoms with Crippen LogP contribution < -0.4 is 10.6 Å². The van der Waals surface area contributed by atoms with Crippen molar-refractivity contribution in [3.63, 3.8) is 0 Å². The van der Waals surface area contributed by atoms with Crippen LogP contribution in [-0.4, -0.2) is 26.4 Å². The van der Waals surface area contributed by atoms with E-state index in [0.29, 0.717) is 11.5 Å². The number of nitrogens with zero attached hydrogens (tertiary/aromatic N) is 3. The van der Waals surface area contributed by atoms with Crippen LogP contribution in [0.2, 0.25) is 0 Å². The molecular weight excluding hydrogens is 414 g/mol. The maximum atomic E-state index is 13.4. The Hall–Kier alpha value is -2.58. The van der Waals surface area contributed by atoms with E-state index < -0.39 is 0 Å². The van der Waals surface area contributed by atoms with E-state index in [0.717, 1.165) is 44.7 Å². The molecule has 6 nitrogen and oxygen atoms in total. The Morgan fingerprint density at radius 3 is 2.67 bits per heavy atom. The summed E-state index contributed by atoms with van der Waals surface area (Å²) in [4.78, 5) is 19.2. The van der Waals surface area contributed by atoms with Gasteiger partial charge in [-0.3, -0.25) is 4.79 Å². The highest BCUT2D eigenvalue weighted by atomic mass is 32.2. The Morgan fingerprint density at radius 1 is 1.23 bits per heavy atom. The molecule has 3 aromatic rings. The average molecular weight is 440 g/mol. The summed E-state index contributed by atoms with van der Waals surface area (Å²) in [7, 11) is 0. The van der Waals surface area contributed by atoms with Crippen molar-refractivity contribution in [1.29, 1.82) is 0 Å². The molecule has 3 heterocycles. The molecule has 1 aromatic carbocycles. The average Bonchev–Trinajstić information content (AvgIpc) is 3.32. The minimum Gasteiger partial charge on any atom is -0.328 e. The number of fused-ring (bicyclic) bond motifs is 1. The lowest BCUT2D eigenvalue weighted by Gasteiger charge is -2.28. The number of aromatic nitrogens is 3. The van der Waals surface area contributed by atoms with Crippen LogP contribution in [-0.2, 0) is 4.79 Å². The number of amides is 1. The van der Waals surface area contributed by atoms with Crippen LogP contribution >= 0.6 is 23.1 Å². The van der Waals surface area contributed by atoms with Crippen molar-refractivity contribution in [3.8, 4) is 0 Å². The third kappa shape index (κ3) is 4.02. The number of hydrogen-bond acceptors (Lipinski definition) is 6. The van der Waals surface area contributed by atoms with E-state index in [9.17, 15) is 4.79 Å². The predicted molar refractivity (Wildman–Crippen MR) is 124 cm³/mol. The molecule has 0 saturated heterocycles. The van der Waals surface area contributed by atoms with E-state index >= 15 is 0 Å². The van der Waals surface area contributed by atoms with E-state index in [1.807, 2.05) is 42.8 Å². The fourth-order valence-corrected chi connectivity index (χ4v) is 5.13. The number of allylic oxidation sites excluding steroid dienone is 1. The van der Waals surface area contributed by atoms with Gasteiger partial charge in [0, 0.05) is 22.0 Å². The van der Waals surface area contributed by atoms with Gasteiger partial charge in [-0.1, -0.05) is 36.4 Å². The quantitative estimate of drug-likeness (QED) is 0.504. The van der Waals surface area contributed by atoms with E-state index in [1.165, 1.54) is 0 Å². The zero-order valence-electron chi connectivity index (χ0n) is 17.5. The molecule has 4 rings (SSSR count). The molecule has 0 fully saturated rings. The molecule has 156 valence electrons. The number of carbonyl (C=O) groups is 1. The molecule has 1 unspecified atom stereocenters. The highest BCUT2D eigenvalue weighted by molar-refractivity contribution is 7.99. The van der Waals surface area contributed by atoms with Gasteiger partial charge in [-0.2, -0.15) is 4.98 Å². The summed E-state index contributed by atoms with van der Waals surface area (Å²) in [5, 5.41) is 13.9. The number of carbonyl (C=O) groups excluding carboxylic acids is 1. The van der Waals surface area contributed by atoms with Gasteiger partial charge in [0.15, 0.2) is 0 Å². The SMILES string of the molecule is CCCSc1nc2n(n1)C(c1sccc1C)C(C(=O)Nc1ccc(C)cc1)=C(C)N2. The number of anilines is 2. The standard InChI is InChI=1S/C22H25N5OS2/c1-5-11-30-22-25-21-23-15(4)17(20(28)24-16-8-6-13(2)7-9-16)18(27(21)26-22)19-14(3)10-12-29-19/h6-10,12,18H,5,11H2,1-4H3,(H,24,28)(H,23,25,26). The second kappa shape index (κ2) is 8.65. The van der Waals surface area contributed by atoms with Crippen LogP contribution in [0.25, 0.3) is 0 Å². The molecule has 0 radical (unpaired) electrons. The number of benzene rings is 1. The Balaban J connectivity index is 1.74. The van der Waals surface area contributed by atoms with Gasteiger partial charge < -0.3 is 10.6 Å². The van der Waals surface area contributed by atoms with Crippen molar-refractivity contribution in [2.75, 3.05) is 16.4 Å². The van der Waals surface area contributed by atoms with Crippen molar-refractivity contribution < 1.29 is 4.79 Å². The molecule has 2 aromatic heterocycles. The number of hydrogen-bond donors (Lipinski definition) is 2. The molecule has 8 heteroatoms. The molecule has 0 spiro atoms. The summed E-state index contributed by atoms with van der Waals surface area (Å²) in [6.45, 7) is 8.16. The van der Waals surface area contributed by atoms with Crippen molar-refractivity contribution >= 4 is 40.6 Å². The Bertz CT molecular complexity index is 1100. The van der Waals surface area contributed by atoms with Crippen LogP contribution in [0.3, 0.4) is 0 Å². The maximum Gasteiger partial charge on any atom is 0.255 e. The Morgan fingerprint density at radius 2 is 2.00 bits per heavy atom. The smallest absolute Gasteiger partial charge is 0.255 e. The zero-order valence-corrected chi connectivity index (χ0v) is 19.2. The minimum atomic E-state index is -0.310. The van der Waals surface area contributed by atoms with Crippen LogP contribution in [0.5, 0.6) is 0 Å². The largest absolute Gasteiger partial charge is 0.328 e. The van der Waals surface area contributed by atoms with Crippen LogP contribution in [0.4, 0.5) is 11.6 Å². The highest BCUT2D eigenvalue weighted by Gasteiger charge is 2.35. The summed E-state index contributed by atoms with van der Waals surface area (Å²) in [6, 6.07) is 9.59. The van der Waals surface area contributed by atoms with E-state index in [4.69, 9.17) is 5.10 Å². The van der Waals surface area contributed by atoms with Gasteiger partial charge in [0.1, 0.15) is 6.04 Å². The Labute approximate surface area is 184 Å². The lowest BCUT2D eigenvalue weighted by Crippen LogP contribution is -2.31. The minimum absolute atomic E-state index is 0.134. The van der Waals surface area contributed by atoms with Crippen molar-refractivity contribution in [2.24, 2.45) is 0 Å². The molecule has 1 aliphatic rings. The topological polar surface area (TPSA) is 71.8 Å². The molecule has 0 bridgehead atoms. The third-order valence-electron chi connectivity index (χ3n) is 4.97. The molecule has 1 amide bonds. The molecule has 30 heavy (non-hydrogen) atoms. The molecular formula is C22H25N5OS2. The molecule has 0 aliphatic carbocycles. The van der Waals surface area contributed by atoms with E-state index in [2.05, 4.69) is 40.9 Å². The van der Waals surface area contributed by atoms with Gasteiger partial charge in [-0.25, -0.2) is 4.68 Å². The van der Waals surface area contributed by atoms with E-state index in [1.54, 1.807) is 23.1 Å². The van der Waals surface area contributed by atoms with Crippen molar-refractivity contribution in [3.05, 3.63) is 63.0 Å². The monoisotopic (exact) mass is 439 g/mol. The second-order valence-electron chi connectivity index (χ2n) is 7.37. The second-order valence-corrected chi connectivity index (χ2v) is 9.38. The highest BCUT2D eigenvalue weighted by Crippen LogP contribution is 2.40. The predicted octanol–water partition coefficient (Wildman–Crippen LogP) is 5.39. The molecule has 1 atom stereocenters. The van der Waals surface area contributed by atoms with Gasteiger partial charge in [0.25, 0.3) is 5.91 Å². The number of rotatable bonds is 6. The summed E-state index contributed by atoms with van der Waals surface area (Å²) >= 11 is 3.27. The number of aryl methyl sites for hydroxylation is 2. The summed E-state index contributed by atoms with van der Waals surface area (Å²) in [5.74, 6) is 1.50. The lowest BCUT2D eigenvalue weighted by atomic mass is 9.98. The van der Waals surface area contributed by atoms with Crippen LogP contribution in [0, 0.1) is 13.8 Å². The first kappa shape index (κ1) is 20.7. The number of thioether (sulfide) groups is 1. The van der Waals surface area contributed by atoms with Gasteiger partial charge in [-0.15, -0.1) is 16.4 Å². The van der Waals surface area contributed by atoms with Crippen LogP contribution in [0.1, 0.15) is 42.3 Å². The normalized spacial score (nSPS) is 15.7. The van der Waals surface area contributed by atoms with Crippen LogP contribution in [0.15, 0.2) is 52.1 Å². The summed E-state index contributed by atoms with van der Waals surface area (Å²) in [5.41, 5.74) is 4.52. The summed E-state index contributed by atoms with van der Waals surface area (Å²) < 4.78 is 1.86. The number of thiophene rings is 1. The van der Waals surface area contributed by atoms with Crippen molar-refractivity contribution in [2.45, 2.75) is 45.3 Å². The summed E-state index contributed by atoms with van der Waals surface area (Å²) in [6.07, 6.45) is 1.05. The fraction of sp³-hybridized carbons (Fsp3) is 0.318. The third-order valence-corrected chi connectivity index (χ3v) is 7.09. The lowest BCUT2D eigenvalue weighted by molar-refractivity contribution is -0.113. The van der Waals surface area contributed by atoms with Gasteiger partial charge >= 0.3 is 0 Å². The van der Waals surface area contributed by atoms with E-state index in [-0.39, 0.29) is 11.9 Å². The molecule has 0 saturated carbocycles. The first-order valence-electron chi connectivity index (χ1n) is 9.97. The first-order valence-corrected chi connectivity index (χ1v) is 11.8. The maximum absolute atomic E-state index is 13.4. The first-order chi connectivity index (χ1) is 14.5. The van der Waals surface area contributed by atoms with Gasteiger partial charge in [0.2, 0.25) is 11.1 Å². The fourth-order valence-electron chi connectivity index (χ4n) is 3.42. The van der Waals surface area contributed by atoms with Crippen molar-refractivity contribution in [1.82, 2.24) is 14.8 Å². The van der Waals surface area contributed by atoms with Gasteiger partial charge in [-0.05, 0) is 56.3 Å². The zero-order chi connectivity index (χ0) is 21.3. The molecule has 2 N–H and O–H groups in total. The van der Waals surface area contributed by atoms with Gasteiger partial charge in [0.05, 0.1) is 5.57 Å². The number of nitrogens with one attached hydrogen (secondary N) is 2. The molecule has 1 aliphatic heterocycles. The Kier molecular flexibility index (Phi) is 5.97.